The fourth-order valence-electron chi connectivity index (χ4n) is 3.51. The summed E-state index contributed by atoms with van der Waals surface area (Å²) in [6.45, 7) is 3.83. The first-order valence-electron chi connectivity index (χ1n) is 9.77. The lowest BCUT2D eigenvalue weighted by Crippen LogP contribution is -2.42. The molecule has 1 aromatic carbocycles. The van der Waals surface area contributed by atoms with Gasteiger partial charge in [-0.1, -0.05) is 51.3 Å². The number of aliphatic carboxylic acids is 1. The second-order valence-electron chi connectivity index (χ2n) is 7.75. The van der Waals surface area contributed by atoms with Crippen molar-refractivity contribution in [2.24, 2.45) is 11.8 Å². The first-order chi connectivity index (χ1) is 12.9. The number of nitrogens with one attached hydrogen (secondary N) is 2. The summed E-state index contributed by atoms with van der Waals surface area (Å²) in [6.07, 6.45) is 5.56. The molecule has 6 nitrogen and oxygen atoms in total. The van der Waals surface area contributed by atoms with Gasteiger partial charge in [-0.15, -0.1) is 0 Å². The van der Waals surface area contributed by atoms with E-state index in [4.69, 9.17) is 0 Å². The highest BCUT2D eigenvalue weighted by Crippen LogP contribution is 2.26. The van der Waals surface area contributed by atoms with E-state index in [1.165, 1.54) is 6.42 Å². The molecule has 2 rings (SSSR count). The van der Waals surface area contributed by atoms with Gasteiger partial charge < -0.3 is 15.7 Å². The number of hydrogen-bond donors (Lipinski definition) is 3. The number of hydrogen-bond acceptors (Lipinski definition) is 3. The standard InChI is InChI=1S/C21H30N2O4/c1-14(2)12-18(21(26)27)22-19(24)13-16-10-6-7-11-17(16)23-20(25)15-8-4-3-5-9-15/h6-7,10-11,14-15,18H,3-5,8-9,12-13H2,1-2H3,(H,22,24)(H,23,25)(H,26,27). The number of benzene rings is 1. The van der Waals surface area contributed by atoms with Crippen LogP contribution >= 0.6 is 0 Å². The molecule has 3 N–H and O–H groups in total. The predicted octanol–water partition coefficient (Wildman–Crippen LogP) is 3.36. The Labute approximate surface area is 160 Å². The third-order valence-electron chi connectivity index (χ3n) is 4.94. The van der Waals surface area contributed by atoms with Gasteiger partial charge in [-0.3, -0.25) is 9.59 Å². The molecule has 0 radical (unpaired) electrons. The lowest BCUT2D eigenvalue weighted by Gasteiger charge is -2.22. The Morgan fingerprint density at radius 2 is 1.78 bits per heavy atom. The molecule has 1 aliphatic rings. The maximum atomic E-state index is 12.5. The molecule has 1 unspecified atom stereocenters. The van der Waals surface area contributed by atoms with Crippen molar-refractivity contribution in [3.8, 4) is 0 Å². The molecule has 148 valence electrons. The molecular weight excluding hydrogens is 344 g/mol. The number of anilines is 1. The molecule has 27 heavy (non-hydrogen) atoms. The molecule has 0 spiro atoms. The van der Waals surface area contributed by atoms with Crippen LogP contribution in [0.25, 0.3) is 0 Å². The van der Waals surface area contributed by atoms with Gasteiger partial charge in [0.25, 0.3) is 0 Å². The van der Waals surface area contributed by atoms with Crippen molar-refractivity contribution in [1.82, 2.24) is 5.32 Å². The van der Waals surface area contributed by atoms with E-state index in [-0.39, 0.29) is 30.1 Å². The smallest absolute Gasteiger partial charge is 0.326 e. The molecule has 0 aromatic heterocycles. The number of carboxylic acid groups (broad SMARTS) is 1. The molecule has 1 aliphatic carbocycles. The number of amides is 2. The van der Waals surface area contributed by atoms with Gasteiger partial charge in [-0.2, -0.15) is 0 Å². The lowest BCUT2D eigenvalue weighted by molar-refractivity contribution is -0.142. The van der Waals surface area contributed by atoms with E-state index in [1.807, 2.05) is 26.0 Å². The Morgan fingerprint density at radius 3 is 2.41 bits per heavy atom. The summed E-state index contributed by atoms with van der Waals surface area (Å²) in [6, 6.07) is 6.29. The van der Waals surface area contributed by atoms with Crippen LogP contribution in [0.2, 0.25) is 0 Å². The number of carbonyl (C=O) groups is 3. The Kier molecular flexibility index (Phi) is 7.82. The Balaban J connectivity index is 2.00. The maximum absolute atomic E-state index is 12.5. The van der Waals surface area contributed by atoms with Gasteiger partial charge in [0.05, 0.1) is 6.42 Å². The third-order valence-corrected chi connectivity index (χ3v) is 4.94. The van der Waals surface area contributed by atoms with Crippen molar-refractivity contribution in [2.45, 2.75) is 64.8 Å². The van der Waals surface area contributed by atoms with E-state index in [0.29, 0.717) is 17.7 Å². The third kappa shape index (κ3) is 6.70. The fraction of sp³-hybridized carbons (Fsp3) is 0.571. The molecule has 0 bridgehead atoms. The van der Waals surface area contributed by atoms with Crippen molar-refractivity contribution in [3.05, 3.63) is 29.8 Å². The van der Waals surface area contributed by atoms with Gasteiger partial charge in [0, 0.05) is 11.6 Å². The summed E-state index contributed by atoms with van der Waals surface area (Å²) in [4.78, 5) is 36.2. The van der Waals surface area contributed by atoms with Crippen LogP contribution in [0.1, 0.15) is 57.9 Å². The molecule has 0 saturated heterocycles. The zero-order chi connectivity index (χ0) is 19.8. The second-order valence-corrected chi connectivity index (χ2v) is 7.75. The highest BCUT2D eigenvalue weighted by atomic mass is 16.4. The molecule has 6 heteroatoms. The molecule has 1 aromatic rings. The second kappa shape index (κ2) is 10.1. The van der Waals surface area contributed by atoms with Gasteiger partial charge in [-0.05, 0) is 36.8 Å². The molecule has 2 amide bonds. The first kappa shape index (κ1) is 20.9. The largest absolute Gasteiger partial charge is 0.480 e. The van der Waals surface area contributed by atoms with Crippen molar-refractivity contribution in [3.63, 3.8) is 0 Å². The van der Waals surface area contributed by atoms with E-state index in [0.717, 1.165) is 25.7 Å². The van der Waals surface area contributed by atoms with Crippen LogP contribution in [0.15, 0.2) is 24.3 Å². The van der Waals surface area contributed by atoms with E-state index in [9.17, 15) is 19.5 Å². The summed E-state index contributed by atoms with van der Waals surface area (Å²) < 4.78 is 0. The average molecular weight is 374 g/mol. The zero-order valence-corrected chi connectivity index (χ0v) is 16.2. The van der Waals surface area contributed by atoms with Gasteiger partial charge in [0.15, 0.2) is 0 Å². The van der Waals surface area contributed by atoms with Crippen LogP contribution in [0, 0.1) is 11.8 Å². The van der Waals surface area contributed by atoms with E-state index in [1.54, 1.807) is 12.1 Å². The summed E-state index contributed by atoms with van der Waals surface area (Å²) in [5.74, 6) is -1.19. The normalized spacial score (nSPS) is 16.0. The van der Waals surface area contributed by atoms with Crippen LogP contribution < -0.4 is 10.6 Å². The Hall–Kier alpha value is -2.37. The fourth-order valence-corrected chi connectivity index (χ4v) is 3.51. The maximum Gasteiger partial charge on any atom is 0.326 e. The monoisotopic (exact) mass is 374 g/mol. The summed E-state index contributed by atoms with van der Waals surface area (Å²) in [7, 11) is 0. The highest BCUT2D eigenvalue weighted by molar-refractivity contribution is 5.94. The van der Waals surface area contributed by atoms with Crippen LogP contribution in [-0.2, 0) is 20.8 Å². The minimum Gasteiger partial charge on any atom is -0.480 e. The minimum absolute atomic E-state index is 0.00535. The minimum atomic E-state index is -1.03. The molecule has 1 atom stereocenters. The van der Waals surface area contributed by atoms with Crippen molar-refractivity contribution < 1.29 is 19.5 Å². The van der Waals surface area contributed by atoms with Gasteiger partial charge >= 0.3 is 5.97 Å². The average Bonchev–Trinajstić information content (AvgIpc) is 2.63. The lowest BCUT2D eigenvalue weighted by atomic mass is 9.88. The van der Waals surface area contributed by atoms with E-state index >= 15 is 0 Å². The van der Waals surface area contributed by atoms with Gasteiger partial charge in [0.1, 0.15) is 6.04 Å². The predicted molar refractivity (Wildman–Crippen MR) is 104 cm³/mol. The zero-order valence-electron chi connectivity index (χ0n) is 16.2. The molecule has 1 saturated carbocycles. The van der Waals surface area contributed by atoms with Crippen LogP contribution in [0.4, 0.5) is 5.69 Å². The van der Waals surface area contributed by atoms with Gasteiger partial charge in [-0.25, -0.2) is 4.79 Å². The summed E-state index contributed by atoms with van der Waals surface area (Å²) >= 11 is 0. The quantitative estimate of drug-likeness (QED) is 0.650. The molecule has 0 aliphatic heterocycles. The van der Waals surface area contributed by atoms with E-state index in [2.05, 4.69) is 10.6 Å². The van der Waals surface area contributed by atoms with Crippen molar-refractivity contribution >= 4 is 23.5 Å². The van der Waals surface area contributed by atoms with Crippen LogP contribution in [0.5, 0.6) is 0 Å². The SMILES string of the molecule is CC(C)CC(NC(=O)Cc1ccccc1NC(=O)C1CCCCC1)C(=O)O. The molecule has 0 heterocycles. The van der Waals surface area contributed by atoms with E-state index < -0.39 is 12.0 Å². The summed E-state index contributed by atoms with van der Waals surface area (Å²) in [5, 5.41) is 14.8. The van der Waals surface area contributed by atoms with Gasteiger partial charge in [0.2, 0.25) is 11.8 Å². The number of carbonyl (C=O) groups excluding carboxylic acids is 2. The number of para-hydroxylation sites is 1. The summed E-state index contributed by atoms with van der Waals surface area (Å²) in [5.41, 5.74) is 1.31. The molecular formula is C21H30N2O4. The Morgan fingerprint density at radius 1 is 1.11 bits per heavy atom. The topological polar surface area (TPSA) is 95.5 Å². The molecule has 1 fully saturated rings. The first-order valence-corrected chi connectivity index (χ1v) is 9.77. The number of carboxylic acids is 1. The number of rotatable bonds is 8. The van der Waals surface area contributed by atoms with Crippen molar-refractivity contribution in [2.75, 3.05) is 5.32 Å². The van der Waals surface area contributed by atoms with Crippen molar-refractivity contribution in [1.29, 1.82) is 0 Å². The highest BCUT2D eigenvalue weighted by Gasteiger charge is 2.23. The van der Waals surface area contributed by atoms with Crippen LogP contribution in [-0.4, -0.2) is 28.9 Å². The van der Waals surface area contributed by atoms with Crippen LogP contribution in [0.3, 0.4) is 0 Å². The Bertz CT molecular complexity index is 666.